The van der Waals surface area contributed by atoms with Crippen LogP contribution in [0.3, 0.4) is 0 Å². The molecule has 0 aliphatic carbocycles. The van der Waals surface area contributed by atoms with Crippen molar-refractivity contribution in [3.63, 3.8) is 0 Å². The van der Waals surface area contributed by atoms with Crippen LogP contribution in [0.5, 0.6) is 0 Å². The Kier molecular flexibility index (Phi) is 21.5. The first-order valence-corrected chi connectivity index (χ1v) is 14.7. The van der Waals surface area contributed by atoms with E-state index in [0.717, 1.165) is 31.0 Å². The number of carboxylic acid groups (broad SMARTS) is 1. The van der Waals surface area contributed by atoms with Crippen molar-refractivity contribution >= 4 is 29.5 Å². The van der Waals surface area contributed by atoms with Crippen molar-refractivity contribution < 1.29 is 42.9 Å². The minimum atomic E-state index is -5.22. The molecule has 226 valence electrons. The summed E-state index contributed by atoms with van der Waals surface area (Å²) < 4.78 is 38.3. The number of carbonyl (C=O) groups is 3. The molecular weight excluding hydrogens is 537 g/mol. The van der Waals surface area contributed by atoms with Gasteiger partial charge in [0.15, 0.2) is 0 Å². The Morgan fingerprint density at radius 2 is 1.59 bits per heavy atom. The van der Waals surface area contributed by atoms with Crippen molar-refractivity contribution in [1.29, 1.82) is 0 Å². The number of rotatable bonds is 23. The van der Waals surface area contributed by atoms with Gasteiger partial charge < -0.3 is 26.0 Å². The molecule has 3 atom stereocenters. The second kappa shape index (κ2) is 22.7. The van der Waals surface area contributed by atoms with E-state index in [9.17, 15) is 32.7 Å². The number of alkyl halides is 3. The van der Waals surface area contributed by atoms with Crippen LogP contribution in [-0.4, -0.2) is 75.6 Å². The molecule has 0 fully saturated rings. The summed E-state index contributed by atoms with van der Waals surface area (Å²) in [6.45, 7) is 1.33. The molecule has 0 bridgehead atoms. The molecule has 5 N–H and O–H groups in total. The van der Waals surface area contributed by atoms with Crippen LogP contribution in [0.2, 0.25) is 0 Å². The Balaban J connectivity index is 5.06. The largest absolute Gasteiger partial charge is 0.480 e. The average Bonchev–Trinajstić information content (AvgIpc) is 2.88. The SMILES string of the molecule is CCCCCCCCCCC=CC=C[C@@H](SCC(NC(=O)C(F)(F)F)C(=O)NCC(=O)O)[C@@H](O)CCCCO. The molecule has 0 aromatic rings. The zero-order valence-electron chi connectivity index (χ0n) is 22.8. The fourth-order valence-corrected chi connectivity index (χ4v) is 4.79. The maximum absolute atomic E-state index is 12.8. The van der Waals surface area contributed by atoms with Crippen LogP contribution in [0, 0.1) is 0 Å². The first kappa shape index (κ1) is 37.0. The highest BCUT2D eigenvalue weighted by atomic mass is 32.2. The topological polar surface area (TPSA) is 136 Å². The molecule has 8 nitrogen and oxygen atoms in total. The number of aliphatic hydroxyl groups is 2. The molecule has 0 aliphatic heterocycles. The summed E-state index contributed by atoms with van der Waals surface area (Å²) in [5.41, 5.74) is 0. The second-order valence-electron chi connectivity index (χ2n) is 9.30. The number of carboxylic acids is 1. The predicted molar refractivity (Wildman–Crippen MR) is 147 cm³/mol. The van der Waals surface area contributed by atoms with Gasteiger partial charge in [-0.2, -0.15) is 13.2 Å². The Bertz CT molecular complexity index is 750. The summed E-state index contributed by atoms with van der Waals surface area (Å²) >= 11 is 0.970. The van der Waals surface area contributed by atoms with Crippen molar-refractivity contribution in [1.82, 2.24) is 10.6 Å². The van der Waals surface area contributed by atoms with E-state index in [-0.39, 0.29) is 12.4 Å². The maximum atomic E-state index is 12.8. The first-order chi connectivity index (χ1) is 18.5. The number of nitrogens with one attached hydrogen (secondary N) is 2. The van der Waals surface area contributed by atoms with Crippen LogP contribution in [0.15, 0.2) is 24.3 Å². The van der Waals surface area contributed by atoms with Crippen molar-refractivity contribution in [3.05, 3.63) is 24.3 Å². The third-order valence-electron chi connectivity index (χ3n) is 5.81. The lowest BCUT2D eigenvalue weighted by molar-refractivity contribution is -0.174. The number of hydrogen-bond donors (Lipinski definition) is 5. The van der Waals surface area contributed by atoms with Gasteiger partial charge >= 0.3 is 18.1 Å². The molecule has 0 aromatic carbocycles. The van der Waals surface area contributed by atoms with E-state index in [1.807, 2.05) is 17.5 Å². The fourth-order valence-electron chi connectivity index (χ4n) is 3.59. The van der Waals surface area contributed by atoms with Crippen molar-refractivity contribution in [2.75, 3.05) is 18.9 Å². The number of hydrogen-bond acceptors (Lipinski definition) is 6. The summed E-state index contributed by atoms with van der Waals surface area (Å²) in [6, 6.07) is -1.67. The standard InChI is InChI=1S/C27H45F3N2O6S/c1-2-3-4-5-6-7-8-9-10-11-12-13-17-23(22(34)16-14-15-18-33)39-20-21(25(37)31-19-24(35)36)32-26(38)27(28,29)30/h11-13,17,21-23,33-34H,2-10,14-16,18-20H2,1H3,(H,31,37)(H,32,38)(H,35,36)/t21?,22-,23+/m0/s1. The van der Waals surface area contributed by atoms with Crippen LogP contribution in [-0.2, 0) is 14.4 Å². The Morgan fingerprint density at radius 3 is 2.18 bits per heavy atom. The molecule has 39 heavy (non-hydrogen) atoms. The normalized spacial score (nSPS) is 14.4. The van der Waals surface area contributed by atoms with E-state index in [2.05, 4.69) is 6.92 Å². The molecule has 0 radical (unpaired) electrons. The number of carbonyl (C=O) groups excluding carboxylic acids is 2. The third kappa shape index (κ3) is 20.5. The van der Waals surface area contributed by atoms with E-state index in [0.29, 0.717) is 19.3 Å². The summed E-state index contributed by atoms with van der Waals surface area (Å²) in [5, 5.41) is 31.3. The van der Waals surface area contributed by atoms with Crippen molar-refractivity contribution in [2.45, 2.75) is 108 Å². The number of thioether (sulfide) groups is 1. The lowest BCUT2D eigenvalue weighted by atomic mass is 10.1. The Morgan fingerprint density at radius 1 is 0.949 bits per heavy atom. The smallest absolute Gasteiger partial charge is 0.471 e. The number of aliphatic hydroxyl groups excluding tert-OH is 2. The molecule has 12 heteroatoms. The van der Waals surface area contributed by atoms with Gasteiger partial charge in [-0.25, -0.2) is 0 Å². The van der Waals surface area contributed by atoms with Crippen LogP contribution in [0.1, 0.15) is 84.0 Å². The van der Waals surface area contributed by atoms with Gasteiger partial charge in [0.05, 0.1) is 6.10 Å². The molecule has 2 amide bonds. The summed E-state index contributed by atoms with van der Waals surface area (Å²) in [7, 11) is 0. The molecule has 0 saturated heterocycles. The van der Waals surface area contributed by atoms with Crippen LogP contribution >= 0.6 is 11.8 Å². The number of allylic oxidation sites excluding steroid dienone is 3. The molecule has 0 aromatic heterocycles. The fraction of sp³-hybridized carbons (Fsp3) is 0.741. The first-order valence-electron chi connectivity index (χ1n) is 13.6. The van der Waals surface area contributed by atoms with E-state index in [4.69, 9.17) is 10.2 Å². The Labute approximate surface area is 233 Å². The molecular formula is C27H45F3N2O6S. The number of halogens is 3. The third-order valence-corrected chi connectivity index (χ3v) is 7.19. The second-order valence-corrected chi connectivity index (χ2v) is 10.5. The highest BCUT2D eigenvalue weighted by molar-refractivity contribution is 8.00. The molecule has 0 rings (SSSR count). The van der Waals surface area contributed by atoms with Gasteiger partial charge in [-0.05, 0) is 32.1 Å². The Hall–Kier alpha value is -2.05. The van der Waals surface area contributed by atoms with Gasteiger partial charge in [0.2, 0.25) is 5.91 Å². The highest BCUT2D eigenvalue weighted by Gasteiger charge is 2.41. The van der Waals surface area contributed by atoms with E-state index in [1.165, 1.54) is 38.5 Å². The van der Waals surface area contributed by atoms with Crippen molar-refractivity contribution in [3.8, 4) is 0 Å². The molecule has 0 heterocycles. The number of aliphatic carboxylic acids is 1. The van der Waals surface area contributed by atoms with Gasteiger partial charge in [0, 0.05) is 17.6 Å². The zero-order valence-corrected chi connectivity index (χ0v) is 23.6. The summed E-state index contributed by atoms with van der Waals surface area (Å²) in [5.74, 6) is -5.12. The van der Waals surface area contributed by atoms with Crippen molar-refractivity contribution in [2.24, 2.45) is 0 Å². The van der Waals surface area contributed by atoms with Gasteiger partial charge in [-0.1, -0.05) is 76.2 Å². The van der Waals surface area contributed by atoms with Gasteiger partial charge in [0.1, 0.15) is 12.6 Å². The number of unbranched alkanes of at least 4 members (excludes halogenated alkanes) is 9. The summed E-state index contributed by atoms with van der Waals surface area (Å²) in [6.07, 6.45) is 13.0. The number of amides is 2. The van der Waals surface area contributed by atoms with E-state index in [1.54, 1.807) is 17.5 Å². The van der Waals surface area contributed by atoms with Crippen LogP contribution in [0.4, 0.5) is 13.2 Å². The van der Waals surface area contributed by atoms with Gasteiger partial charge in [-0.15, -0.1) is 11.8 Å². The van der Waals surface area contributed by atoms with Crippen LogP contribution in [0.25, 0.3) is 0 Å². The maximum Gasteiger partial charge on any atom is 0.471 e. The minimum absolute atomic E-state index is 0.0445. The zero-order chi connectivity index (χ0) is 29.5. The molecule has 1 unspecified atom stereocenters. The predicted octanol–water partition coefficient (Wildman–Crippen LogP) is 4.50. The molecule has 0 spiro atoms. The van der Waals surface area contributed by atoms with E-state index >= 15 is 0 Å². The lowest BCUT2D eigenvalue weighted by Crippen LogP contribution is -2.52. The highest BCUT2D eigenvalue weighted by Crippen LogP contribution is 2.22. The van der Waals surface area contributed by atoms with Gasteiger partial charge in [0.25, 0.3) is 0 Å². The molecule has 0 saturated carbocycles. The van der Waals surface area contributed by atoms with Gasteiger partial charge in [-0.3, -0.25) is 14.4 Å². The van der Waals surface area contributed by atoms with Crippen LogP contribution < -0.4 is 10.6 Å². The monoisotopic (exact) mass is 582 g/mol. The van der Waals surface area contributed by atoms with E-state index < -0.39 is 47.9 Å². The molecule has 0 aliphatic rings. The summed E-state index contributed by atoms with van der Waals surface area (Å²) in [4.78, 5) is 34.4. The quantitative estimate of drug-likeness (QED) is 0.0884. The average molecular weight is 583 g/mol. The lowest BCUT2D eigenvalue weighted by Gasteiger charge is -2.23. The minimum Gasteiger partial charge on any atom is -0.480 e.